The Bertz CT molecular complexity index is 2100. The van der Waals surface area contributed by atoms with Gasteiger partial charge in [-0.15, -0.1) is 0 Å². The van der Waals surface area contributed by atoms with E-state index in [1.165, 1.54) is 0 Å². The molecule has 5 heterocycles. The summed E-state index contributed by atoms with van der Waals surface area (Å²) in [5.41, 5.74) is 11.4. The zero-order valence-corrected chi connectivity index (χ0v) is 31.0. The molecule has 0 radical (unpaired) electrons. The predicted octanol–water partition coefficient (Wildman–Crippen LogP) is 6.55. The van der Waals surface area contributed by atoms with Crippen LogP contribution in [0.3, 0.4) is 0 Å². The number of carboxylic acid groups (broad SMARTS) is 4. The zero-order valence-electron chi connectivity index (χ0n) is 28.0. The van der Waals surface area contributed by atoms with Gasteiger partial charge in [-0.05, 0) is 122 Å². The molecule has 3 aromatic rings. The maximum Gasteiger partial charge on any atom is 2.00 e. The Morgan fingerprint density at radius 2 is 0.857 bits per heavy atom. The van der Waals surface area contributed by atoms with Crippen LogP contribution in [0, 0.1) is 13.8 Å². The number of allylic oxidation sites excluding steroid dienone is 4. The van der Waals surface area contributed by atoms with Crippen molar-refractivity contribution in [1.29, 1.82) is 0 Å². The Labute approximate surface area is 294 Å². The number of nitrogens with one attached hydrogen (secondary N) is 2. The van der Waals surface area contributed by atoms with Crippen molar-refractivity contribution in [3.05, 3.63) is 69.3 Å². The average Bonchev–Trinajstić information content (AvgIpc) is 3.66. The van der Waals surface area contributed by atoms with Crippen molar-refractivity contribution in [2.45, 2.75) is 79.1 Å². The van der Waals surface area contributed by atoms with Crippen LogP contribution in [0.5, 0.6) is 0 Å². The van der Waals surface area contributed by atoms with Crippen molar-refractivity contribution < 1.29 is 59.1 Å². The Morgan fingerprint density at radius 1 is 0.510 bits per heavy atom. The van der Waals surface area contributed by atoms with Crippen molar-refractivity contribution in [3.8, 4) is 0 Å². The fourth-order valence-corrected chi connectivity index (χ4v) is 6.42. The van der Waals surface area contributed by atoms with Crippen LogP contribution in [-0.4, -0.2) is 64.2 Å². The van der Waals surface area contributed by atoms with Gasteiger partial charge >= 0.3 is 43.4 Å². The third-order valence-corrected chi connectivity index (χ3v) is 9.16. The molecular weight excluding hydrogens is 682 g/mol. The van der Waals surface area contributed by atoms with Crippen LogP contribution in [0.2, 0.25) is 0 Å². The van der Waals surface area contributed by atoms with Gasteiger partial charge in [0.2, 0.25) is 0 Å². The van der Waals surface area contributed by atoms with Gasteiger partial charge in [0.05, 0.1) is 22.8 Å². The summed E-state index contributed by atoms with van der Waals surface area (Å²) in [6.07, 6.45) is 0.566. The van der Waals surface area contributed by atoms with Gasteiger partial charge < -0.3 is 30.4 Å². The summed E-state index contributed by atoms with van der Waals surface area (Å²) in [6.45, 7) is 7.57. The molecule has 0 atom stereocenters. The first-order valence-electron chi connectivity index (χ1n) is 15.7. The van der Waals surface area contributed by atoms with Gasteiger partial charge in [-0.3, -0.25) is 19.2 Å². The topological polar surface area (TPSA) is 207 Å². The van der Waals surface area contributed by atoms with E-state index in [0.29, 0.717) is 33.8 Å². The van der Waals surface area contributed by atoms with Crippen molar-refractivity contribution in [2.75, 3.05) is 0 Å². The number of carboxylic acids is 4. The van der Waals surface area contributed by atoms with Crippen LogP contribution in [0.1, 0.15) is 97.4 Å². The molecule has 0 aromatic carbocycles. The molecular formula is C36H38N4O8Zn+2. The predicted molar refractivity (Wildman–Crippen MR) is 181 cm³/mol. The Morgan fingerprint density at radius 3 is 1.27 bits per heavy atom. The molecule has 0 aliphatic carbocycles. The number of hydrogen-bond donors (Lipinski definition) is 6. The summed E-state index contributed by atoms with van der Waals surface area (Å²) >= 11 is 0. The quantitative estimate of drug-likeness (QED) is 0.111. The maximum atomic E-state index is 11.6. The van der Waals surface area contributed by atoms with Crippen molar-refractivity contribution in [1.82, 2.24) is 19.9 Å². The molecule has 0 spiro atoms. The van der Waals surface area contributed by atoms with E-state index in [-0.39, 0.29) is 70.8 Å². The van der Waals surface area contributed by atoms with Gasteiger partial charge in [0, 0.05) is 47.8 Å². The first kappa shape index (κ1) is 36.9. The summed E-state index contributed by atoms with van der Waals surface area (Å²) in [7, 11) is 0. The Balaban J connectivity index is 0.00000541. The fraction of sp³-hybridized carbons (Fsp3) is 0.333. The summed E-state index contributed by atoms with van der Waals surface area (Å²) in [6, 6.07) is 7.40. The van der Waals surface area contributed by atoms with Gasteiger partial charge in [-0.2, -0.15) is 0 Å². The second-order valence-electron chi connectivity index (χ2n) is 12.2. The summed E-state index contributed by atoms with van der Waals surface area (Å²) < 4.78 is 0. The molecule has 0 fully saturated rings. The number of aromatic amines is 2. The summed E-state index contributed by atoms with van der Waals surface area (Å²) in [5, 5.41) is 38.0. The number of rotatable bonds is 12. The van der Waals surface area contributed by atoms with Crippen molar-refractivity contribution in [2.24, 2.45) is 0 Å². The number of aryl methyl sites for hydroxylation is 4. The minimum absolute atomic E-state index is 0. The molecule has 0 unspecified atom stereocenters. The van der Waals surface area contributed by atoms with E-state index in [9.17, 15) is 39.6 Å². The van der Waals surface area contributed by atoms with Crippen LogP contribution >= 0.6 is 0 Å². The van der Waals surface area contributed by atoms with Crippen LogP contribution in [-0.2, 0) is 51.5 Å². The molecule has 0 saturated carbocycles. The first-order valence-corrected chi connectivity index (χ1v) is 15.7. The van der Waals surface area contributed by atoms with Gasteiger partial charge in [0.15, 0.2) is 0 Å². The van der Waals surface area contributed by atoms with E-state index in [2.05, 4.69) is 9.97 Å². The monoisotopic (exact) mass is 718 g/mol. The average molecular weight is 720 g/mol. The maximum absolute atomic E-state index is 11.6. The second-order valence-corrected chi connectivity index (χ2v) is 12.2. The molecule has 8 bridgehead atoms. The fourth-order valence-electron chi connectivity index (χ4n) is 6.42. The standard InChI is InChI=1S/C36H38N4O8.Zn/c1-17-21(5-9-33(41)42)29-14-27-19(3)22(6-10-34(43)44)30(39-27)15-28-20(4)24(8-12-36(47)48)32(40-28)16-31-23(7-11-35(45)46)18(2)26(38-31)13-25(17)37-29;/h13-16,37,39H,5-12H2,1-4H3,(H,41,42)(H,43,44)(H,45,46)(H,47,48);/q;+2. The molecule has 2 aliphatic rings. The van der Waals surface area contributed by atoms with E-state index in [0.717, 1.165) is 55.6 Å². The zero-order chi connectivity index (χ0) is 34.9. The van der Waals surface area contributed by atoms with E-state index in [1.54, 1.807) is 6.07 Å². The molecule has 250 valence electrons. The van der Waals surface area contributed by atoms with Crippen LogP contribution in [0.25, 0.3) is 44.4 Å². The molecule has 6 N–H and O–H groups in total. The van der Waals surface area contributed by atoms with Crippen molar-refractivity contribution >= 4 is 68.2 Å². The number of H-pyrrole nitrogens is 2. The SMILES string of the molecule is CC1=C(CCC(=O)O)c2cc3nc(cc4[nH]c(cc5[nH]c(cc1n2)c(C)c5CCC(=O)O)c(C)c4CCC(=O)O)C(C)=C3CCC(=O)O.[Zn+2]. The minimum atomic E-state index is -0.953. The molecule has 3 aromatic heterocycles. The molecule has 49 heavy (non-hydrogen) atoms. The smallest absolute Gasteiger partial charge is 0.481 e. The van der Waals surface area contributed by atoms with E-state index < -0.39 is 23.9 Å². The van der Waals surface area contributed by atoms with E-state index in [4.69, 9.17) is 9.97 Å². The molecule has 13 heteroatoms. The van der Waals surface area contributed by atoms with E-state index >= 15 is 0 Å². The summed E-state index contributed by atoms with van der Waals surface area (Å²) in [5.74, 6) is -3.77. The molecule has 0 saturated heterocycles. The number of carbonyl (C=O) groups is 4. The molecule has 2 aliphatic heterocycles. The molecule has 5 rings (SSSR count). The molecule has 0 amide bonds. The van der Waals surface area contributed by atoms with Crippen LogP contribution < -0.4 is 0 Å². The van der Waals surface area contributed by atoms with Gasteiger partial charge in [-0.1, -0.05) is 0 Å². The number of hydrogen-bond acceptors (Lipinski definition) is 6. The van der Waals surface area contributed by atoms with Crippen LogP contribution in [0.4, 0.5) is 0 Å². The number of aliphatic carboxylic acids is 4. The third kappa shape index (κ3) is 8.05. The van der Waals surface area contributed by atoms with Gasteiger partial charge in [0.25, 0.3) is 0 Å². The number of aromatic nitrogens is 4. The number of nitrogens with zero attached hydrogens (tertiary/aromatic N) is 2. The molecule has 12 nitrogen and oxygen atoms in total. The Hall–Kier alpha value is -4.90. The number of fused-ring (bicyclic) bond motifs is 8. The van der Waals surface area contributed by atoms with Gasteiger partial charge in [0.1, 0.15) is 0 Å². The summed E-state index contributed by atoms with van der Waals surface area (Å²) in [4.78, 5) is 63.1. The third-order valence-electron chi connectivity index (χ3n) is 9.16. The second kappa shape index (κ2) is 15.1. The van der Waals surface area contributed by atoms with Gasteiger partial charge in [-0.25, -0.2) is 9.97 Å². The van der Waals surface area contributed by atoms with Crippen LogP contribution in [0.15, 0.2) is 24.3 Å². The van der Waals surface area contributed by atoms with E-state index in [1.807, 2.05) is 45.9 Å². The Kier molecular flexibility index (Phi) is 11.4. The normalized spacial score (nSPS) is 12.7. The first-order chi connectivity index (χ1) is 22.7. The largest absolute Gasteiger partial charge is 2.00 e. The minimum Gasteiger partial charge on any atom is -0.481 e. The van der Waals surface area contributed by atoms with Crippen molar-refractivity contribution in [3.63, 3.8) is 0 Å².